The third-order valence-corrected chi connectivity index (χ3v) is 4.51. The van der Waals surface area contributed by atoms with Crippen LogP contribution in [0.1, 0.15) is 19.3 Å². The van der Waals surface area contributed by atoms with Crippen molar-refractivity contribution in [1.82, 2.24) is 14.7 Å². The van der Waals surface area contributed by atoms with Crippen LogP contribution in [0.5, 0.6) is 0 Å². The number of aliphatic hydroxyl groups excluding tert-OH is 1. The van der Waals surface area contributed by atoms with Gasteiger partial charge in [0.1, 0.15) is 6.04 Å². The number of carboxylic acid groups (broad SMARTS) is 1. The van der Waals surface area contributed by atoms with Crippen LogP contribution in [0.15, 0.2) is 0 Å². The molecule has 2 fully saturated rings. The minimum absolute atomic E-state index is 0.105. The summed E-state index contributed by atoms with van der Waals surface area (Å²) in [6, 6.07) is -1.20. The molecule has 7 nitrogen and oxygen atoms in total. The van der Waals surface area contributed by atoms with E-state index in [-0.39, 0.29) is 19.0 Å². The van der Waals surface area contributed by atoms with Crippen LogP contribution < -0.4 is 0 Å². The second kappa shape index (κ2) is 6.62. The van der Waals surface area contributed by atoms with Crippen LogP contribution >= 0.6 is 0 Å². The van der Waals surface area contributed by atoms with Crippen LogP contribution in [0.4, 0.5) is 4.79 Å². The molecule has 2 heterocycles. The van der Waals surface area contributed by atoms with E-state index in [1.165, 1.54) is 4.90 Å². The van der Waals surface area contributed by atoms with Crippen molar-refractivity contribution in [3.8, 4) is 0 Å². The van der Waals surface area contributed by atoms with Gasteiger partial charge in [-0.05, 0) is 38.9 Å². The normalized spacial score (nSPS) is 27.9. The zero-order chi connectivity index (χ0) is 15.6. The van der Waals surface area contributed by atoms with Crippen molar-refractivity contribution in [3.63, 3.8) is 0 Å². The van der Waals surface area contributed by atoms with E-state index in [1.807, 2.05) is 0 Å². The van der Waals surface area contributed by atoms with Gasteiger partial charge in [-0.1, -0.05) is 0 Å². The molecule has 2 N–H and O–H groups in total. The molecular formula is C14H25N3O4. The number of carbonyl (C=O) groups is 2. The first-order valence-electron chi connectivity index (χ1n) is 7.49. The summed E-state index contributed by atoms with van der Waals surface area (Å²) in [5, 5.41) is 18.8. The quantitative estimate of drug-likeness (QED) is 0.760. The van der Waals surface area contributed by atoms with Gasteiger partial charge >= 0.3 is 12.0 Å². The molecule has 0 radical (unpaired) electrons. The van der Waals surface area contributed by atoms with Crippen LogP contribution in [0, 0.1) is 5.92 Å². The second-order valence-electron chi connectivity index (χ2n) is 6.31. The van der Waals surface area contributed by atoms with Crippen LogP contribution in [0.25, 0.3) is 0 Å². The zero-order valence-electron chi connectivity index (χ0n) is 12.7. The summed E-state index contributed by atoms with van der Waals surface area (Å²) in [6.07, 6.45) is 1.48. The lowest BCUT2D eigenvalue weighted by Gasteiger charge is -2.33. The summed E-state index contributed by atoms with van der Waals surface area (Å²) in [4.78, 5) is 28.7. The highest BCUT2D eigenvalue weighted by molar-refractivity contribution is 5.83. The fraction of sp³-hybridized carbons (Fsp3) is 0.857. The van der Waals surface area contributed by atoms with E-state index in [1.54, 1.807) is 11.9 Å². The Morgan fingerprint density at radius 2 is 1.90 bits per heavy atom. The fourth-order valence-electron chi connectivity index (χ4n) is 3.19. The molecule has 0 aliphatic carbocycles. The molecule has 2 rings (SSSR count). The van der Waals surface area contributed by atoms with Crippen molar-refractivity contribution >= 4 is 12.0 Å². The SMILES string of the molecule is CN1CCC(CN(C)C(=O)N2C[C@@H](O)C[C@H]2C(=O)O)CC1. The Morgan fingerprint density at radius 3 is 2.48 bits per heavy atom. The van der Waals surface area contributed by atoms with Crippen molar-refractivity contribution in [2.45, 2.75) is 31.4 Å². The Morgan fingerprint density at radius 1 is 1.29 bits per heavy atom. The van der Waals surface area contributed by atoms with E-state index in [0.717, 1.165) is 25.9 Å². The van der Waals surface area contributed by atoms with E-state index in [9.17, 15) is 14.7 Å². The molecule has 2 aliphatic heterocycles. The first-order valence-corrected chi connectivity index (χ1v) is 7.49. The molecule has 0 aromatic heterocycles. The van der Waals surface area contributed by atoms with Gasteiger partial charge in [0.2, 0.25) is 0 Å². The third kappa shape index (κ3) is 3.85. The summed E-state index contributed by atoms with van der Waals surface area (Å²) in [7, 11) is 3.80. The van der Waals surface area contributed by atoms with Gasteiger partial charge in [0.25, 0.3) is 0 Å². The molecule has 0 aromatic carbocycles. The van der Waals surface area contributed by atoms with E-state index in [2.05, 4.69) is 11.9 Å². The Bertz CT molecular complexity index is 396. The molecule has 7 heteroatoms. The Balaban J connectivity index is 1.91. The van der Waals surface area contributed by atoms with Crippen molar-refractivity contribution in [2.75, 3.05) is 40.3 Å². The number of carboxylic acids is 1. The van der Waals surface area contributed by atoms with E-state index < -0.39 is 18.1 Å². The van der Waals surface area contributed by atoms with Gasteiger partial charge in [-0.2, -0.15) is 0 Å². The number of hydrogen-bond acceptors (Lipinski definition) is 4. The molecule has 0 spiro atoms. The number of carbonyl (C=O) groups excluding carboxylic acids is 1. The van der Waals surface area contributed by atoms with Gasteiger partial charge in [-0.25, -0.2) is 9.59 Å². The fourth-order valence-corrected chi connectivity index (χ4v) is 3.19. The van der Waals surface area contributed by atoms with E-state index in [4.69, 9.17) is 5.11 Å². The number of aliphatic carboxylic acids is 1. The maximum atomic E-state index is 12.4. The highest BCUT2D eigenvalue weighted by atomic mass is 16.4. The molecule has 2 atom stereocenters. The van der Waals surface area contributed by atoms with Crippen molar-refractivity contribution in [3.05, 3.63) is 0 Å². The average molecular weight is 299 g/mol. The number of amides is 2. The molecule has 120 valence electrons. The Hall–Kier alpha value is -1.34. The smallest absolute Gasteiger partial charge is 0.326 e. The average Bonchev–Trinajstić information content (AvgIpc) is 2.82. The number of hydrogen-bond donors (Lipinski definition) is 2. The Kier molecular flexibility index (Phi) is 5.05. The lowest BCUT2D eigenvalue weighted by Crippen LogP contribution is -2.48. The maximum absolute atomic E-state index is 12.4. The van der Waals surface area contributed by atoms with Crippen LogP contribution in [-0.2, 0) is 4.79 Å². The molecule has 0 unspecified atom stereocenters. The largest absolute Gasteiger partial charge is 0.480 e. The van der Waals surface area contributed by atoms with Crippen LogP contribution in [-0.4, -0.2) is 89.3 Å². The van der Waals surface area contributed by atoms with E-state index in [0.29, 0.717) is 12.5 Å². The molecule has 0 saturated carbocycles. The minimum atomic E-state index is -1.05. The third-order valence-electron chi connectivity index (χ3n) is 4.51. The highest BCUT2D eigenvalue weighted by Crippen LogP contribution is 2.22. The predicted octanol–water partition coefficient (Wildman–Crippen LogP) is -0.100. The minimum Gasteiger partial charge on any atom is -0.480 e. The van der Waals surface area contributed by atoms with Gasteiger partial charge < -0.3 is 24.9 Å². The van der Waals surface area contributed by atoms with Crippen molar-refractivity contribution in [2.24, 2.45) is 5.92 Å². The lowest BCUT2D eigenvalue weighted by atomic mass is 9.97. The van der Waals surface area contributed by atoms with Gasteiger partial charge in [-0.3, -0.25) is 0 Å². The van der Waals surface area contributed by atoms with E-state index >= 15 is 0 Å². The molecule has 0 bridgehead atoms. The molecule has 2 aliphatic rings. The van der Waals surface area contributed by atoms with Gasteiger partial charge in [0.15, 0.2) is 0 Å². The van der Waals surface area contributed by atoms with Crippen LogP contribution in [0.2, 0.25) is 0 Å². The van der Waals surface area contributed by atoms with Crippen LogP contribution in [0.3, 0.4) is 0 Å². The highest BCUT2D eigenvalue weighted by Gasteiger charge is 2.40. The van der Waals surface area contributed by atoms with Crippen molar-refractivity contribution < 1.29 is 19.8 Å². The molecule has 2 saturated heterocycles. The summed E-state index contributed by atoms with van der Waals surface area (Å²) < 4.78 is 0. The maximum Gasteiger partial charge on any atom is 0.326 e. The second-order valence-corrected chi connectivity index (χ2v) is 6.31. The number of rotatable bonds is 3. The van der Waals surface area contributed by atoms with Crippen molar-refractivity contribution in [1.29, 1.82) is 0 Å². The summed E-state index contributed by atoms with van der Waals surface area (Å²) in [5.41, 5.74) is 0. The molecule has 2 amide bonds. The number of aliphatic hydroxyl groups is 1. The molecular weight excluding hydrogens is 274 g/mol. The molecule has 0 aromatic rings. The summed E-state index contributed by atoms with van der Waals surface area (Å²) >= 11 is 0. The summed E-state index contributed by atoms with van der Waals surface area (Å²) in [5.74, 6) is -0.585. The standard InChI is InChI=1S/C14H25N3O4/c1-15-5-3-10(4-6-15)8-16(2)14(21)17-9-11(18)7-12(17)13(19)20/h10-12,18H,3-9H2,1-2H3,(H,19,20)/t11-,12-/m0/s1. The van der Waals surface area contributed by atoms with Gasteiger partial charge in [0.05, 0.1) is 6.10 Å². The van der Waals surface area contributed by atoms with Gasteiger partial charge in [-0.15, -0.1) is 0 Å². The monoisotopic (exact) mass is 299 g/mol. The Labute approximate surface area is 125 Å². The number of nitrogens with zero attached hydrogens (tertiary/aromatic N) is 3. The first-order chi connectivity index (χ1) is 9.88. The van der Waals surface area contributed by atoms with Gasteiger partial charge in [0, 0.05) is 26.6 Å². The molecule has 21 heavy (non-hydrogen) atoms. The number of likely N-dealkylation sites (tertiary alicyclic amines) is 2. The predicted molar refractivity (Wildman–Crippen MR) is 77.0 cm³/mol. The topological polar surface area (TPSA) is 84.3 Å². The number of urea groups is 1. The first kappa shape index (κ1) is 16.0. The summed E-state index contributed by atoms with van der Waals surface area (Å²) in [6.45, 7) is 2.82. The number of β-amino-alcohol motifs (C(OH)–C–C–N with tert-alkyl or cyclic N) is 1. The lowest BCUT2D eigenvalue weighted by molar-refractivity contribution is -0.141. The zero-order valence-corrected chi connectivity index (χ0v) is 12.7. The number of piperidine rings is 1.